The van der Waals surface area contributed by atoms with Gasteiger partial charge in [0.1, 0.15) is 12.4 Å². The van der Waals surface area contributed by atoms with Gasteiger partial charge in [-0.05, 0) is 43.4 Å². The molecule has 1 N–H and O–H groups in total. The van der Waals surface area contributed by atoms with Crippen LogP contribution in [0.25, 0.3) is 0 Å². The van der Waals surface area contributed by atoms with Crippen LogP contribution in [0.3, 0.4) is 0 Å². The van der Waals surface area contributed by atoms with Crippen molar-refractivity contribution in [1.29, 1.82) is 0 Å². The Labute approximate surface area is 148 Å². The maximum absolute atomic E-state index is 13.0. The number of halogens is 1. The minimum absolute atomic E-state index is 0.0697. The van der Waals surface area contributed by atoms with E-state index in [1.807, 2.05) is 12.1 Å². The molecule has 3 rings (SSSR count). The molecule has 2 heterocycles. The van der Waals surface area contributed by atoms with E-state index in [0.29, 0.717) is 6.54 Å². The van der Waals surface area contributed by atoms with E-state index in [2.05, 4.69) is 10.2 Å². The Bertz CT molecular complexity index is 581. The van der Waals surface area contributed by atoms with Crippen LogP contribution in [0.5, 0.6) is 0 Å². The zero-order chi connectivity index (χ0) is 17.7. The summed E-state index contributed by atoms with van der Waals surface area (Å²) in [6, 6.07) is 6.71. The van der Waals surface area contributed by atoms with Crippen LogP contribution in [0, 0.1) is 5.82 Å². The van der Waals surface area contributed by atoms with Gasteiger partial charge >= 0.3 is 0 Å². The Morgan fingerprint density at radius 3 is 2.96 bits per heavy atom. The molecule has 1 aromatic carbocycles. The summed E-state index contributed by atoms with van der Waals surface area (Å²) in [5.41, 5.74) is 1.02. The third-order valence-corrected chi connectivity index (χ3v) is 5.09. The van der Waals surface area contributed by atoms with E-state index in [9.17, 15) is 9.18 Å². The van der Waals surface area contributed by atoms with Crippen molar-refractivity contribution in [1.82, 2.24) is 10.2 Å². The highest BCUT2D eigenvalue weighted by atomic mass is 19.1. The number of benzene rings is 1. The second-order valence-electron chi connectivity index (χ2n) is 7.14. The molecule has 1 amide bonds. The van der Waals surface area contributed by atoms with E-state index >= 15 is 0 Å². The van der Waals surface area contributed by atoms with Gasteiger partial charge in [0.25, 0.3) is 0 Å². The average molecular weight is 350 g/mol. The lowest BCUT2D eigenvalue weighted by atomic mass is 9.90. The minimum Gasteiger partial charge on any atom is -0.375 e. The van der Waals surface area contributed by atoms with Gasteiger partial charge in [-0.25, -0.2) is 4.39 Å². The van der Waals surface area contributed by atoms with Crippen LogP contribution in [-0.2, 0) is 20.8 Å². The normalized spacial score (nSPS) is 26.9. The molecule has 0 aliphatic carbocycles. The predicted octanol–water partition coefficient (Wildman–Crippen LogP) is 2.10. The largest absolute Gasteiger partial charge is 0.375 e. The van der Waals surface area contributed by atoms with Gasteiger partial charge in [0.05, 0.1) is 11.7 Å². The number of carbonyl (C=O) groups is 1. The number of methoxy groups -OCH3 is 1. The first-order chi connectivity index (χ1) is 12.1. The van der Waals surface area contributed by atoms with Gasteiger partial charge in [-0.3, -0.25) is 9.69 Å². The first kappa shape index (κ1) is 18.3. The molecule has 0 aromatic heterocycles. The van der Waals surface area contributed by atoms with Crippen LogP contribution in [-0.4, -0.2) is 55.9 Å². The van der Waals surface area contributed by atoms with E-state index in [4.69, 9.17) is 9.47 Å². The number of nitrogens with zero attached hydrogens (tertiary/aromatic N) is 1. The van der Waals surface area contributed by atoms with E-state index < -0.39 is 0 Å². The molecule has 2 fully saturated rings. The molecule has 6 heteroatoms. The summed E-state index contributed by atoms with van der Waals surface area (Å²) in [5, 5.41) is 2.88. The Balaban J connectivity index is 1.50. The molecule has 2 aliphatic rings. The van der Waals surface area contributed by atoms with Crippen molar-refractivity contribution in [3.05, 3.63) is 35.6 Å². The van der Waals surface area contributed by atoms with Gasteiger partial charge in [-0.2, -0.15) is 0 Å². The summed E-state index contributed by atoms with van der Waals surface area (Å²) < 4.78 is 24.3. The standard InChI is InChI=1S/C19H27FN2O3/c1-24-13-18(23)21-11-17-3-2-8-19(25-17)9-10-22(14-19)12-15-4-6-16(20)7-5-15/h4-7,17H,2-3,8-14H2,1H3,(H,21,23)/t17-,19-/m0/s1. The fourth-order valence-corrected chi connectivity index (χ4v) is 3.89. The Morgan fingerprint density at radius 1 is 1.40 bits per heavy atom. The van der Waals surface area contributed by atoms with Gasteiger partial charge in [-0.15, -0.1) is 0 Å². The molecule has 0 bridgehead atoms. The van der Waals surface area contributed by atoms with Crippen molar-refractivity contribution in [2.75, 3.05) is 33.4 Å². The lowest BCUT2D eigenvalue weighted by molar-refractivity contribution is -0.132. The molecule has 2 aliphatic heterocycles. The van der Waals surface area contributed by atoms with Crippen LogP contribution in [0.2, 0.25) is 0 Å². The summed E-state index contributed by atoms with van der Waals surface area (Å²) in [4.78, 5) is 13.9. The van der Waals surface area contributed by atoms with Crippen LogP contribution in [0.4, 0.5) is 4.39 Å². The number of ether oxygens (including phenoxy) is 2. The number of hydrogen-bond acceptors (Lipinski definition) is 4. The third kappa shape index (κ3) is 5.00. The van der Waals surface area contributed by atoms with Crippen LogP contribution < -0.4 is 5.32 Å². The fraction of sp³-hybridized carbons (Fsp3) is 0.632. The molecular formula is C19H27FN2O3. The van der Waals surface area contributed by atoms with E-state index in [1.54, 1.807) is 0 Å². The second-order valence-corrected chi connectivity index (χ2v) is 7.14. The fourth-order valence-electron chi connectivity index (χ4n) is 3.89. The molecule has 0 unspecified atom stereocenters. The second kappa shape index (κ2) is 8.25. The minimum atomic E-state index is -0.199. The number of carbonyl (C=O) groups excluding carboxylic acids is 1. The van der Waals surface area contributed by atoms with Crippen LogP contribution in [0.15, 0.2) is 24.3 Å². The Hall–Kier alpha value is -1.50. The number of amides is 1. The number of hydrogen-bond donors (Lipinski definition) is 1. The molecule has 1 spiro atoms. The first-order valence-corrected chi connectivity index (χ1v) is 8.99. The van der Waals surface area contributed by atoms with Crippen molar-refractivity contribution in [3.8, 4) is 0 Å². The smallest absolute Gasteiger partial charge is 0.246 e. The van der Waals surface area contributed by atoms with Crippen molar-refractivity contribution in [2.45, 2.75) is 43.9 Å². The summed E-state index contributed by atoms with van der Waals surface area (Å²) in [6.07, 6.45) is 4.24. The monoisotopic (exact) mass is 350 g/mol. The zero-order valence-corrected chi connectivity index (χ0v) is 14.8. The summed E-state index contributed by atoms with van der Waals surface area (Å²) in [5.74, 6) is -0.300. The first-order valence-electron chi connectivity index (χ1n) is 8.99. The van der Waals surface area contributed by atoms with E-state index in [-0.39, 0.29) is 30.0 Å². The van der Waals surface area contributed by atoms with Crippen molar-refractivity contribution < 1.29 is 18.7 Å². The predicted molar refractivity (Wildman–Crippen MR) is 92.6 cm³/mol. The summed E-state index contributed by atoms with van der Waals surface area (Å²) in [7, 11) is 1.51. The molecule has 0 saturated carbocycles. The quantitative estimate of drug-likeness (QED) is 0.854. The summed E-state index contributed by atoms with van der Waals surface area (Å²) >= 11 is 0. The number of likely N-dealkylation sites (tertiary alicyclic amines) is 1. The van der Waals surface area contributed by atoms with E-state index in [1.165, 1.54) is 19.2 Å². The maximum Gasteiger partial charge on any atom is 0.246 e. The summed E-state index contributed by atoms with van der Waals surface area (Å²) in [6.45, 7) is 3.33. The topological polar surface area (TPSA) is 50.8 Å². The molecule has 0 radical (unpaired) electrons. The molecule has 1 aromatic rings. The molecular weight excluding hydrogens is 323 g/mol. The number of nitrogens with one attached hydrogen (secondary N) is 1. The van der Waals surface area contributed by atoms with Gasteiger partial charge in [0.2, 0.25) is 5.91 Å². The van der Waals surface area contributed by atoms with Crippen molar-refractivity contribution >= 4 is 5.91 Å². The van der Waals surface area contributed by atoms with Gasteiger partial charge in [-0.1, -0.05) is 12.1 Å². The molecule has 5 nitrogen and oxygen atoms in total. The molecule has 25 heavy (non-hydrogen) atoms. The van der Waals surface area contributed by atoms with Gasteiger partial charge in [0.15, 0.2) is 0 Å². The molecule has 138 valence electrons. The van der Waals surface area contributed by atoms with Gasteiger partial charge < -0.3 is 14.8 Å². The zero-order valence-electron chi connectivity index (χ0n) is 14.8. The van der Waals surface area contributed by atoms with Crippen molar-refractivity contribution in [2.24, 2.45) is 0 Å². The third-order valence-electron chi connectivity index (χ3n) is 5.09. The SMILES string of the molecule is COCC(=O)NC[C@@H]1CCC[C@@]2(CCN(Cc3ccc(F)cc3)C2)O1. The Morgan fingerprint density at radius 2 is 2.20 bits per heavy atom. The highest BCUT2D eigenvalue weighted by Crippen LogP contribution is 2.37. The van der Waals surface area contributed by atoms with Gasteiger partial charge in [0, 0.05) is 33.3 Å². The Kier molecular flexibility index (Phi) is 6.04. The van der Waals surface area contributed by atoms with E-state index in [0.717, 1.165) is 50.9 Å². The lowest BCUT2D eigenvalue weighted by Crippen LogP contribution is -2.47. The maximum atomic E-state index is 13.0. The van der Waals surface area contributed by atoms with Crippen LogP contribution >= 0.6 is 0 Å². The highest BCUT2D eigenvalue weighted by molar-refractivity contribution is 5.77. The average Bonchev–Trinajstić information content (AvgIpc) is 2.97. The number of rotatable bonds is 6. The molecule has 2 atom stereocenters. The molecule has 2 saturated heterocycles. The highest BCUT2D eigenvalue weighted by Gasteiger charge is 2.42. The van der Waals surface area contributed by atoms with Crippen molar-refractivity contribution in [3.63, 3.8) is 0 Å². The lowest BCUT2D eigenvalue weighted by Gasteiger charge is -2.39. The van der Waals surface area contributed by atoms with Crippen LogP contribution in [0.1, 0.15) is 31.2 Å².